The number of rotatable bonds is 6. The fourth-order valence-corrected chi connectivity index (χ4v) is 3.29. The van der Waals surface area contributed by atoms with Crippen LogP contribution in [0.1, 0.15) is 44.7 Å². The molecule has 1 saturated heterocycles. The number of nitrogens with zero attached hydrogens (tertiary/aromatic N) is 1. The predicted octanol–water partition coefficient (Wildman–Crippen LogP) is 3.86. The summed E-state index contributed by atoms with van der Waals surface area (Å²) in [5.41, 5.74) is 7.22. The van der Waals surface area contributed by atoms with Gasteiger partial charge in [0.1, 0.15) is 5.75 Å². The maximum atomic E-state index is 6.20. The first-order chi connectivity index (χ1) is 10.2. The maximum absolute atomic E-state index is 6.20. The van der Waals surface area contributed by atoms with E-state index in [1.807, 2.05) is 18.2 Å². The summed E-state index contributed by atoms with van der Waals surface area (Å²) in [7, 11) is 0. The van der Waals surface area contributed by atoms with Gasteiger partial charge in [0.05, 0.1) is 12.6 Å². The maximum Gasteiger partial charge on any atom is 0.124 e. The minimum atomic E-state index is 0.193. The number of halogens is 1. The summed E-state index contributed by atoms with van der Waals surface area (Å²) < 4.78 is 5.90. The Labute approximate surface area is 133 Å². The molecular formula is C17H27ClN2O. The smallest absolute Gasteiger partial charge is 0.124 e. The Morgan fingerprint density at radius 3 is 2.95 bits per heavy atom. The molecule has 1 aromatic rings. The lowest BCUT2D eigenvalue weighted by molar-refractivity contribution is 0.130. The molecule has 2 rings (SSSR count). The summed E-state index contributed by atoms with van der Waals surface area (Å²) in [4.78, 5) is 2.48. The molecule has 1 aromatic carbocycles. The van der Waals surface area contributed by atoms with Crippen LogP contribution in [0.15, 0.2) is 18.2 Å². The Kier molecular flexibility index (Phi) is 6.34. The van der Waals surface area contributed by atoms with Crippen molar-refractivity contribution in [3.63, 3.8) is 0 Å². The summed E-state index contributed by atoms with van der Waals surface area (Å²) in [6.45, 7) is 7.94. The number of hydrogen-bond donors (Lipinski definition) is 1. The van der Waals surface area contributed by atoms with E-state index in [0.717, 1.165) is 48.4 Å². The minimum Gasteiger partial charge on any atom is -0.493 e. The third-order valence-electron chi connectivity index (χ3n) is 4.14. The van der Waals surface area contributed by atoms with E-state index < -0.39 is 0 Å². The molecule has 0 saturated carbocycles. The number of hydrogen-bond acceptors (Lipinski definition) is 3. The van der Waals surface area contributed by atoms with Crippen molar-refractivity contribution in [2.45, 2.75) is 39.2 Å². The number of piperidine rings is 1. The summed E-state index contributed by atoms with van der Waals surface area (Å²) in [5.74, 6) is 1.65. The van der Waals surface area contributed by atoms with E-state index in [0.29, 0.717) is 6.54 Å². The molecule has 2 unspecified atom stereocenters. The van der Waals surface area contributed by atoms with Gasteiger partial charge in [-0.2, -0.15) is 0 Å². The van der Waals surface area contributed by atoms with Crippen LogP contribution in [0.4, 0.5) is 0 Å². The normalized spacial score (nSPS) is 21.2. The van der Waals surface area contributed by atoms with E-state index in [9.17, 15) is 0 Å². The summed E-state index contributed by atoms with van der Waals surface area (Å²) in [6.07, 6.45) is 3.54. The second-order valence-electron chi connectivity index (χ2n) is 6.02. The van der Waals surface area contributed by atoms with Crippen molar-refractivity contribution in [3.05, 3.63) is 28.8 Å². The Balaban J connectivity index is 2.24. The van der Waals surface area contributed by atoms with Gasteiger partial charge in [0.2, 0.25) is 0 Å². The first kappa shape index (κ1) is 16.6. The lowest BCUT2D eigenvalue weighted by Crippen LogP contribution is -2.40. The number of benzene rings is 1. The van der Waals surface area contributed by atoms with Crippen molar-refractivity contribution in [1.82, 2.24) is 4.90 Å². The Hall–Kier alpha value is -0.770. The van der Waals surface area contributed by atoms with Crippen LogP contribution < -0.4 is 10.5 Å². The van der Waals surface area contributed by atoms with Gasteiger partial charge in [-0.1, -0.05) is 25.4 Å². The molecule has 2 N–H and O–H groups in total. The van der Waals surface area contributed by atoms with Gasteiger partial charge in [-0.3, -0.25) is 4.90 Å². The lowest BCUT2D eigenvalue weighted by atomic mass is 9.96. The zero-order valence-electron chi connectivity index (χ0n) is 13.1. The van der Waals surface area contributed by atoms with Gasteiger partial charge >= 0.3 is 0 Å². The SMILES string of the molecule is CCCOc1ccc(Cl)cc1C(CN)N1CCCC(C)C1. The molecule has 0 radical (unpaired) electrons. The molecule has 118 valence electrons. The highest BCUT2D eigenvalue weighted by Crippen LogP contribution is 2.34. The lowest BCUT2D eigenvalue weighted by Gasteiger charge is -2.37. The Morgan fingerprint density at radius 1 is 1.48 bits per heavy atom. The molecule has 1 heterocycles. The standard InChI is InChI=1S/C17H27ClN2O/c1-3-9-21-17-7-6-14(18)10-15(17)16(11-19)20-8-4-5-13(2)12-20/h6-7,10,13,16H,3-5,8-9,11-12,19H2,1-2H3. The zero-order valence-corrected chi connectivity index (χ0v) is 13.9. The first-order valence-electron chi connectivity index (χ1n) is 8.02. The van der Waals surface area contributed by atoms with Crippen molar-refractivity contribution in [3.8, 4) is 5.75 Å². The number of nitrogens with two attached hydrogens (primary N) is 1. The Bertz CT molecular complexity index is 452. The van der Waals surface area contributed by atoms with Gasteiger partial charge in [0.15, 0.2) is 0 Å². The van der Waals surface area contributed by atoms with Crippen molar-refractivity contribution in [2.24, 2.45) is 11.7 Å². The third kappa shape index (κ3) is 4.35. The average molecular weight is 311 g/mol. The molecule has 0 aliphatic carbocycles. The summed E-state index contributed by atoms with van der Waals surface area (Å²) in [6, 6.07) is 6.08. The number of likely N-dealkylation sites (tertiary alicyclic amines) is 1. The molecule has 1 fully saturated rings. The van der Waals surface area contributed by atoms with Crippen LogP contribution in [-0.2, 0) is 0 Å². The summed E-state index contributed by atoms with van der Waals surface area (Å²) in [5, 5.41) is 0.748. The Morgan fingerprint density at radius 2 is 2.29 bits per heavy atom. The average Bonchev–Trinajstić information content (AvgIpc) is 2.47. The molecule has 0 amide bonds. The highest BCUT2D eigenvalue weighted by Gasteiger charge is 2.26. The van der Waals surface area contributed by atoms with E-state index in [2.05, 4.69) is 18.7 Å². The van der Waals surface area contributed by atoms with E-state index in [1.54, 1.807) is 0 Å². The van der Waals surface area contributed by atoms with Gasteiger partial charge in [0.25, 0.3) is 0 Å². The fourth-order valence-electron chi connectivity index (χ4n) is 3.10. The fraction of sp³-hybridized carbons (Fsp3) is 0.647. The molecule has 0 spiro atoms. The van der Waals surface area contributed by atoms with Gasteiger partial charge in [-0.15, -0.1) is 0 Å². The third-order valence-corrected chi connectivity index (χ3v) is 4.38. The monoisotopic (exact) mass is 310 g/mol. The molecule has 0 bridgehead atoms. The van der Waals surface area contributed by atoms with Crippen LogP contribution in [0, 0.1) is 5.92 Å². The van der Waals surface area contributed by atoms with Crippen LogP contribution >= 0.6 is 11.6 Å². The van der Waals surface area contributed by atoms with Crippen LogP contribution in [0.3, 0.4) is 0 Å². The van der Waals surface area contributed by atoms with Crippen LogP contribution in [0.25, 0.3) is 0 Å². The van der Waals surface area contributed by atoms with Crippen molar-refractivity contribution in [1.29, 1.82) is 0 Å². The van der Waals surface area contributed by atoms with Crippen molar-refractivity contribution >= 4 is 11.6 Å². The molecule has 2 atom stereocenters. The molecule has 21 heavy (non-hydrogen) atoms. The topological polar surface area (TPSA) is 38.5 Å². The predicted molar refractivity (Wildman–Crippen MR) is 89.0 cm³/mol. The molecular weight excluding hydrogens is 284 g/mol. The largest absolute Gasteiger partial charge is 0.493 e. The second-order valence-corrected chi connectivity index (χ2v) is 6.46. The minimum absolute atomic E-state index is 0.193. The highest BCUT2D eigenvalue weighted by molar-refractivity contribution is 6.30. The van der Waals surface area contributed by atoms with E-state index in [-0.39, 0.29) is 6.04 Å². The van der Waals surface area contributed by atoms with Gasteiger partial charge in [0, 0.05) is 23.7 Å². The van der Waals surface area contributed by atoms with E-state index >= 15 is 0 Å². The van der Waals surface area contributed by atoms with E-state index in [1.165, 1.54) is 12.8 Å². The molecule has 1 aliphatic heterocycles. The van der Waals surface area contributed by atoms with E-state index in [4.69, 9.17) is 22.1 Å². The van der Waals surface area contributed by atoms with Gasteiger partial charge < -0.3 is 10.5 Å². The van der Waals surface area contributed by atoms with Crippen LogP contribution in [0.5, 0.6) is 5.75 Å². The number of ether oxygens (including phenoxy) is 1. The van der Waals surface area contributed by atoms with Crippen molar-refractivity contribution < 1.29 is 4.74 Å². The summed E-state index contributed by atoms with van der Waals surface area (Å²) >= 11 is 6.20. The zero-order chi connectivity index (χ0) is 15.2. The van der Waals surface area contributed by atoms with Crippen molar-refractivity contribution in [2.75, 3.05) is 26.2 Å². The molecule has 3 nitrogen and oxygen atoms in total. The molecule has 4 heteroatoms. The van der Waals surface area contributed by atoms with Crippen LogP contribution in [0.2, 0.25) is 5.02 Å². The highest BCUT2D eigenvalue weighted by atomic mass is 35.5. The van der Waals surface area contributed by atoms with Gasteiger partial charge in [-0.25, -0.2) is 0 Å². The van der Waals surface area contributed by atoms with Gasteiger partial charge in [-0.05, 0) is 49.9 Å². The molecule has 0 aromatic heterocycles. The van der Waals surface area contributed by atoms with Crippen LogP contribution in [-0.4, -0.2) is 31.1 Å². The first-order valence-corrected chi connectivity index (χ1v) is 8.39. The quantitative estimate of drug-likeness (QED) is 0.867. The molecule has 1 aliphatic rings. The second kappa shape index (κ2) is 8.02.